The average Bonchev–Trinajstić information content (AvgIpc) is 3.02. The number of hydrogen-bond donors (Lipinski definition) is 0. The van der Waals surface area contributed by atoms with E-state index in [1.165, 1.54) is 0 Å². The van der Waals surface area contributed by atoms with Gasteiger partial charge in [0.2, 0.25) is 5.91 Å². The summed E-state index contributed by atoms with van der Waals surface area (Å²) < 4.78 is 5.32. The van der Waals surface area contributed by atoms with Gasteiger partial charge in [-0.05, 0) is 50.6 Å². The summed E-state index contributed by atoms with van der Waals surface area (Å²) in [6.07, 6.45) is 7.93. The number of hydrogen-bond acceptors (Lipinski definition) is 4. The molecule has 0 unspecified atom stereocenters. The van der Waals surface area contributed by atoms with Crippen molar-refractivity contribution >= 4 is 5.91 Å². The van der Waals surface area contributed by atoms with Gasteiger partial charge >= 0.3 is 0 Å². The molecule has 0 bridgehead atoms. The molecule has 1 aliphatic rings. The van der Waals surface area contributed by atoms with Gasteiger partial charge in [-0.3, -0.25) is 14.7 Å². The van der Waals surface area contributed by atoms with Gasteiger partial charge in [-0.25, -0.2) is 0 Å². The highest BCUT2D eigenvalue weighted by molar-refractivity contribution is 5.76. The second-order valence-electron chi connectivity index (χ2n) is 6.78. The summed E-state index contributed by atoms with van der Waals surface area (Å²) in [6.45, 7) is 2.57. The second kappa shape index (κ2) is 8.81. The zero-order valence-corrected chi connectivity index (χ0v) is 14.9. The van der Waals surface area contributed by atoms with Crippen molar-refractivity contribution < 1.29 is 9.21 Å². The Kier molecular flexibility index (Phi) is 6.23. The first-order valence-corrected chi connectivity index (χ1v) is 9.12. The molecule has 5 heteroatoms. The predicted molar refractivity (Wildman–Crippen MR) is 97.0 cm³/mol. The number of likely N-dealkylation sites (tertiary alicyclic amines) is 1. The van der Waals surface area contributed by atoms with E-state index in [2.05, 4.69) is 23.0 Å². The largest absolute Gasteiger partial charge is 0.469 e. The van der Waals surface area contributed by atoms with Gasteiger partial charge in [0.05, 0.1) is 12.0 Å². The highest BCUT2D eigenvalue weighted by Crippen LogP contribution is 2.18. The van der Waals surface area contributed by atoms with Crippen LogP contribution < -0.4 is 0 Å². The Labute approximate surface area is 149 Å². The lowest BCUT2D eigenvalue weighted by molar-refractivity contribution is -0.131. The Morgan fingerprint density at radius 2 is 2.20 bits per heavy atom. The summed E-state index contributed by atoms with van der Waals surface area (Å²) in [5, 5.41) is 0. The van der Waals surface area contributed by atoms with E-state index in [1.807, 2.05) is 35.4 Å². The topological polar surface area (TPSA) is 49.6 Å². The highest BCUT2D eigenvalue weighted by Gasteiger charge is 2.23. The molecule has 2 aromatic rings. The van der Waals surface area contributed by atoms with Crippen LogP contribution in [0.4, 0.5) is 0 Å². The van der Waals surface area contributed by atoms with Gasteiger partial charge in [-0.2, -0.15) is 0 Å². The summed E-state index contributed by atoms with van der Waals surface area (Å²) in [4.78, 5) is 21.3. The number of aromatic nitrogens is 1. The average molecular weight is 341 g/mol. The normalized spacial score (nSPS) is 18.3. The third-order valence-corrected chi connectivity index (χ3v) is 4.98. The molecular formula is C20H27N3O2. The van der Waals surface area contributed by atoms with Crippen LogP contribution in [0, 0.1) is 0 Å². The molecule has 1 aliphatic heterocycles. The van der Waals surface area contributed by atoms with E-state index in [0.29, 0.717) is 18.9 Å². The summed E-state index contributed by atoms with van der Waals surface area (Å²) in [5.41, 5.74) is 1.10. The summed E-state index contributed by atoms with van der Waals surface area (Å²) in [6, 6.07) is 10.3. The monoisotopic (exact) mass is 341 g/mol. The molecule has 0 aromatic carbocycles. The van der Waals surface area contributed by atoms with Crippen molar-refractivity contribution in [1.82, 2.24) is 14.8 Å². The molecule has 0 N–H and O–H groups in total. The summed E-state index contributed by atoms with van der Waals surface area (Å²) in [5.74, 6) is 1.13. The van der Waals surface area contributed by atoms with Crippen molar-refractivity contribution in [3.8, 4) is 0 Å². The summed E-state index contributed by atoms with van der Waals surface area (Å²) in [7, 11) is 2.16. The molecule has 3 rings (SSSR count). The van der Waals surface area contributed by atoms with Crippen molar-refractivity contribution in [2.45, 2.75) is 44.7 Å². The number of rotatable bonds is 6. The van der Waals surface area contributed by atoms with Crippen molar-refractivity contribution in [3.63, 3.8) is 0 Å². The Morgan fingerprint density at radius 3 is 2.96 bits per heavy atom. The molecule has 3 heterocycles. The Hall–Kier alpha value is -2.14. The molecule has 1 saturated heterocycles. The van der Waals surface area contributed by atoms with Crippen molar-refractivity contribution in [1.29, 1.82) is 0 Å². The molecule has 1 fully saturated rings. The van der Waals surface area contributed by atoms with Crippen LogP contribution in [0.25, 0.3) is 0 Å². The zero-order valence-electron chi connectivity index (χ0n) is 14.9. The van der Waals surface area contributed by atoms with E-state index in [0.717, 1.165) is 50.4 Å². The minimum Gasteiger partial charge on any atom is -0.469 e. The smallest absolute Gasteiger partial charge is 0.223 e. The standard InChI is InChI=1S/C20H27N3O2/c1-22(16-17-6-2-3-12-21-17)18-7-4-13-23(14-11-18)20(24)10-9-19-8-5-15-25-19/h2-3,5-6,8,12,15,18H,4,7,9-11,13-14,16H2,1H3/t18-/m1/s1. The van der Waals surface area contributed by atoms with Crippen LogP contribution in [0.5, 0.6) is 0 Å². The van der Waals surface area contributed by atoms with Crippen LogP contribution in [0.2, 0.25) is 0 Å². The van der Waals surface area contributed by atoms with Gasteiger partial charge < -0.3 is 9.32 Å². The van der Waals surface area contributed by atoms with Gasteiger partial charge in [0, 0.05) is 44.7 Å². The fraction of sp³-hybridized carbons (Fsp3) is 0.500. The van der Waals surface area contributed by atoms with Crippen LogP contribution >= 0.6 is 0 Å². The van der Waals surface area contributed by atoms with Gasteiger partial charge in [-0.1, -0.05) is 6.07 Å². The van der Waals surface area contributed by atoms with E-state index in [-0.39, 0.29) is 5.91 Å². The Bertz CT molecular complexity index is 642. The zero-order chi connectivity index (χ0) is 17.5. The van der Waals surface area contributed by atoms with Crippen LogP contribution in [0.15, 0.2) is 47.2 Å². The van der Waals surface area contributed by atoms with E-state index in [4.69, 9.17) is 4.42 Å². The molecule has 0 radical (unpaired) electrons. The minimum atomic E-state index is 0.240. The molecule has 2 aromatic heterocycles. The highest BCUT2D eigenvalue weighted by atomic mass is 16.3. The van der Waals surface area contributed by atoms with Crippen LogP contribution in [0.1, 0.15) is 37.1 Å². The number of aryl methyl sites for hydroxylation is 1. The fourth-order valence-electron chi connectivity index (χ4n) is 3.49. The molecular weight excluding hydrogens is 314 g/mol. The Balaban J connectivity index is 1.47. The number of carbonyl (C=O) groups excluding carboxylic acids is 1. The summed E-state index contributed by atoms with van der Waals surface area (Å²) >= 11 is 0. The lowest BCUT2D eigenvalue weighted by Gasteiger charge is -2.27. The van der Waals surface area contributed by atoms with Crippen molar-refractivity contribution in [3.05, 3.63) is 54.2 Å². The lowest BCUT2D eigenvalue weighted by Crippen LogP contribution is -2.35. The molecule has 25 heavy (non-hydrogen) atoms. The van der Waals surface area contributed by atoms with Crippen molar-refractivity contribution in [2.75, 3.05) is 20.1 Å². The Morgan fingerprint density at radius 1 is 1.28 bits per heavy atom. The molecule has 5 nitrogen and oxygen atoms in total. The van der Waals surface area contributed by atoms with Gasteiger partial charge in [-0.15, -0.1) is 0 Å². The van der Waals surface area contributed by atoms with Gasteiger partial charge in [0.25, 0.3) is 0 Å². The number of furan rings is 1. The fourth-order valence-corrected chi connectivity index (χ4v) is 3.49. The molecule has 0 saturated carbocycles. The second-order valence-corrected chi connectivity index (χ2v) is 6.78. The third-order valence-electron chi connectivity index (χ3n) is 4.98. The number of pyridine rings is 1. The lowest BCUT2D eigenvalue weighted by atomic mass is 10.1. The maximum Gasteiger partial charge on any atom is 0.223 e. The first-order valence-electron chi connectivity index (χ1n) is 9.12. The van der Waals surface area contributed by atoms with Gasteiger partial charge in [0.1, 0.15) is 5.76 Å². The molecule has 0 spiro atoms. The van der Waals surface area contributed by atoms with Crippen LogP contribution in [-0.2, 0) is 17.8 Å². The number of amides is 1. The maximum absolute atomic E-state index is 12.5. The maximum atomic E-state index is 12.5. The van der Waals surface area contributed by atoms with E-state index >= 15 is 0 Å². The van der Waals surface area contributed by atoms with E-state index < -0.39 is 0 Å². The van der Waals surface area contributed by atoms with Crippen LogP contribution in [-0.4, -0.2) is 46.9 Å². The quantitative estimate of drug-likeness (QED) is 0.810. The molecule has 0 aliphatic carbocycles. The number of nitrogens with zero attached hydrogens (tertiary/aromatic N) is 3. The molecule has 1 atom stereocenters. The first-order chi connectivity index (χ1) is 12.2. The first kappa shape index (κ1) is 17.7. The minimum absolute atomic E-state index is 0.240. The van der Waals surface area contributed by atoms with E-state index in [9.17, 15) is 4.79 Å². The number of carbonyl (C=O) groups is 1. The van der Waals surface area contributed by atoms with Crippen LogP contribution in [0.3, 0.4) is 0 Å². The van der Waals surface area contributed by atoms with Crippen molar-refractivity contribution in [2.24, 2.45) is 0 Å². The SMILES string of the molecule is CN(Cc1ccccn1)[C@@H]1CCCN(C(=O)CCc2ccco2)CC1. The van der Waals surface area contributed by atoms with E-state index in [1.54, 1.807) is 6.26 Å². The molecule has 134 valence electrons. The molecule has 1 amide bonds. The third kappa shape index (κ3) is 5.16. The predicted octanol–water partition coefficient (Wildman–Crippen LogP) is 3.12. The van der Waals surface area contributed by atoms with Gasteiger partial charge in [0.15, 0.2) is 0 Å².